The van der Waals surface area contributed by atoms with Gasteiger partial charge in [0.05, 0.1) is 17.1 Å². The van der Waals surface area contributed by atoms with Gasteiger partial charge in [-0.25, -0.2) is 18.4 Å². The second-order valence-electron chi connectivity index (χ2n) is 5.09. The fourth-order valence-electron chi connectivity index (χ4n) is 2.42. The van der Waals surface area contributed by atoms with Gasteiger partial charge in [-0.05, 0) is 25.5 Å². The number of nitrogen functional groups attached to an aromatic ring is 1. The number of hydrogen-bond donors (Lipinski definition) is 1. The number of benzene rings is 1. The van der Waals surface area contributed by atoms with Crippen molar-refractivity contribution in [2.45, 2.75) is 24.8 Å². The standard InChI is InChI=1S/C14H16N4O2S/c1-10-2-4-11(5-3-10)21(19,20)18-7-6-12-13(8-18)16-9-17-14(12)15/h2-5,9H,6-8H2,1H3,(H2,15,16,17). The highest BCUT2D eigenvalue weighted by atomic mass is 32.2. The van der Waals surface area contributed by atoms with Crippen LogP contribution in [-0.4, -0.2) is 29.2 Å². The summed E-state index contributed by atoms with van der Waals surface area (Å²) >= 11 is 0. The Balaban J connectivity index is 1.93. The van der Waals surface area contributed by atoms with Gasteiger partial charge in [0, 0.05) is 12.1 Å². The van der Waals surface area contributed by atoms with Gasteiger partial charge in [0.15, 0.2) is 0 Å². The van der Waals surface area contributed by atoms with Crippen molar-refractivity contribution in [1.82, 2.24) is 14.3 Å². The average Bonchev–Trinajstić information content (AvgIpc) is 2.47. The number of aromatic nitrogens is 2. The van der Waals surface area contributed by atoms with Gasteiger partial charge in [-0.2, -0.15) is 4.31 Å². The van der Waals surface area contributed by atoms with E-state index in [-0.39, 0.29) is 6.54 Å². The third kappa shape index (κ3) is 2.50. The maximum Gasteiger partial charge on any atom is 0.243 e. The Bertz CT molecular complexity index is 772. The van der Waals surface area contributed by atoms with E-state index < -0.39 is 10.0 Å². The molecule has 2 heterocycles. The maximum atomic E-state index is 12.6. The molecule has 2 N–H and O–H groups in total. The molecular weight excluding hydrogens is 288 g/mol. The van der Waals surface area contributed by atoms with Crippen LogP contribution in [0.5, 0.6) is 0 Å². The van der Waals surface area contributed by atoms with Crippen LogP contribution in [0.4, 0.5) is 5.82 Å². The zero-order valence-corrected chi connectivity index (χ0v) is 12.5. The van der Waals surface area contributed by atoms with Crippen molar-refractivity contribution in [2.75, 3.05) is 12.3 Å². The molecule has 7 heteroatoms. The van der Waals surface area contributed by atoms with Crippen LogP contribution in [0.15, 0.2) is 35.5 Å². The molecule has 1 aromatic heterocycles. The third-order valence-electron chi connectivity index (χ3n) is 3.66. The lowest BCUT2D eigenvalue weighted by atomic mass is 10.1. The van der Waals surface area contributed by atoms with Gasteiger partial charge in [0.1, 0.15) is 12.1 Å². The maximum absolute atomic E-state index is 12.6. The highest BCUT2D eigenvalue weighted by Gasteiger charge is 2.29. The van der Waals surface area contributed by atoms with Gasteiger partial charge < -0.3 is 5.73 Å². The normalized spacial score (nSPS) is 15.7. The fourth-order valence-corrected chi connectivity index (χ4v) is 3.82. The summed E-state index contributed by atoms with van der Waals surface area (Å²) in [5.74, 6) is 0.437. The Morgan fingerprint density at radius 3 is 2.62 bits per heavy atom. The lowest BCUT2D eigenvalue weighted by Crippen LogP contribution is -2.36. The van der Waals surface area contributed by atoms with Crippen molar-refractivity contribution in [1.29, 1.82) is 0 Å². The minimum absolute atomic E-state index is 0.234. The molecule has 0 bridgehead atoms. The minimum Gasteiger partial charge on any atom is -0.383 e. The second-order valence-corrected chi connectivity index (χ2v) is 7.02. The van der Waals surface area contributed by atoms with Crippen LogP contribution < -0.4 is 5.73 Å². The Hall–Kier alpha value is -1.99. The zero-order valence-electron chi connectivity index (χ0n) is 11.7. The van der Waals surface area contributed by atoms with Gasteiger partial charge in [0.25, 0.3) is 0 Å². The zero-order chi connectivity index (χ0) is 15.0. The molecule has 0 unspecified atom stereocenters. The number of nitrogens with two attached hydrogens (primary N) is 1. The topological polar surface area (TPSA) is 89.2 Å². The summed E-state index contributed by atoms with van der Waals surface area (Å²) in [6.45, 7) is 2.55. The Morgan fingerprint density at radius 1 is 1.19 bits per heavy atom. The molecule has 0 amide bonds. The summed E-state index contributed by atoms with van der Waals surface area (Å²) < 4.78 is 26.7. The number of fused-ring (bicyclic) bond motifs is 1. The van der Waals surface area contributed by atoms with Crippen molar-refractivity contribution in [2.24, 2.45) is 0 Å². The first-order valence-electron chi connectivity index (χ1n) is 6.63. The molecule has 3 rings (SSSR count). The second kappa shape index (κ2) is 5.09. The van der Waals surface area contributed by atoms with Crippen molar-refractivity contribution in [3.8, 4) is 0 Å². The van der Waals surface area contributed by atoms with Gasteiger partial charge in [0.2, 0.25) is 10.0 Å². The molecule has 2 aromatic rings. The molecule has 1 aromatic carbocycles. The van der Waals surface area contributed by atoms with Crippen LogP contribution in [-0.2, 0) is 23.0 Å². The summed E-state index contributed by atoms with van der Waals surface area (Å²) in [5.41, 5.74) is 8.37. The van der Waals surface area contributed by atoms with E-state index in [1.54, 1.807) is 24.3 Å². The van der Waals surface area contributed by atoms with E-state index in [1.807, 2.05) is 6.92 Å². The predicted octanol–water partition coefficient (Wildman–Crippen LogP) is 1.11. The van der Waals surface area contributed by atoms with E-state index in [2.05, 4.69) is 9.97 Å². The molecule has 0 saturated heterocycles. The quantitative estimate of drug-likeness (QED) is 0.898. The first kappa shape index (κ1) is 14.0. The van der Waals surface area contributed by atoms with E-state index in [0.29, 0.717) is 29.4 Å². The summed E-state index contributed by atoms with van der Waals surface area (Å²) in [5, 5.41) is 0. The van der Waals surface area contributed by atoms with Crippen molar-refractivity contribution >= 4 is 15.8 Å². The lowest BCUT2D eigenvalue weighted by Gasteiger charge is -2.27. The molecule has 0 aliphatic carbocycles. The molecule has 0 fully saturated rings. The lowest BCUT2D eigenvalue weighted by molar-refractivity contribution is 0.385. The average molecular weight is 304 g/mol. The molecule has 21 heavy (non-hydrogen) atoms. The van der Waals surface area contributed by atoms with Crippen LogP contribution in [0.25, 0.3) is 0 Å². The Kier molecular flexibility index (Phi) is 3.38. The van der Waals surface area contributed by atoms with Crippen LogP contribution in [0.2, 0.25) is 0 Å². The van der Waals surface area contributed by atoms with Crippen molar-refractivity contribution < 1.29 is 8.42 Å². The van der Waals surface area contributed by atoms with E-state index >= 15 is 0 Å². The van der Waals surface area contributed by atoms with Gasteiger partial charge >= 0.3 is 0 Å². The summed E-state index contributed by atoms with van der Waals surface area (Å²) in [6.07, 6.45) is 1.91. The summed E-state index contributed by atoms with van der Waals surface area (Å²) in [4.78, 5) is 8.40. The number of nitrogens with zero attached hydrogens (tertiary/aromatic N) is 3. The minimum atomic E-state index is -3.50. The smallest absolute Gasteiger partial charge is 0.243 e. The monoisotopic (exact) mass is 304 g/mol. The Morgan fingerprint density at radius 2 is 1.90 bits per heavy atom. The number of anilines is 1. The number of rotatable bonds is 2. The first-order valence-corrected chi connectivity index (χ1v) is 8.07. The SMILES string of the molecule is Cc1ccc(S(=O)(=O)N2CCc3c(N)ncnc3C2)cc1. The predicted molar refractivity (Wildman–Crippen MR) is 78.9 cm³/mol. The molecule has 1 aliphatic heterocycles. The molecule has 110 valence electrons. The molecular formula is C14H16N4O2S. The number of aryl methyl sites for hydroxylation is 1. The molecule has 1 aliphatic rings. The van der Waals surface area contributed by atoms with Gasteiger partial charge in [-0.1, -0.05) is 17.7 Å². The van der Waals surface area contributed by atoms with E-state index in [0.717, 1.165) is 11.1 Å². The molecule has 0 saturated carbocycles. The number of hydrogen-bond acceptors (Lipinski definition) is 5. The highest BCUT2D eigenvalue weighted by molar-refractivity contribution is 7.89. The van der Waals surface area contributed by atoms with Crippen LogP contribution in [0.3, 0.4) is 0 Å². The first-order chi connectivity index (χ1) is 9.98. The van der Waals surface area contributed by atoms with Gasteiger partial charge in [-0.3, -0.25) is 0 Å². The van der Waals surface area contributed by atoms with E-state index in [9.17, 15) is 8.42 Å². The molecule has 0 atom stereocenters. The Labute approximate surface area is 123 Å². The van der Waals surface area contributed by atoms with Crippen molar-refractivity contribution in [3.63, 3.8) is 0 Å². The summed E-state index contributed by atoms with van der Waals surface area (Å²) in [6, 6.07) is 6.86. The molecule has 6 nitrogen and oxygen atoms in total. The number of sulfonamides is 1. The van der Waals surface area contributed by atoms with Crippen LogP contribution in [0.1, 0.15) is 16.8 Å². The van der Waals surface area contributed by atoms with E-state index in [4.69, 9.17) is 5.73 Å². The van der Waals surface area contributed by atoms with Crippen LogP contribution >= 0.6 is 0 Å². The molecule has 0 radical (unpaired) electrons. The van der Waals surface area contributed by atoms with Gasteiger partial charge in [-0.15, -0.1) is 0 Å². The highest BCUT2D eigenvalue weighted by Crippen LogP contribution is 2.25. The largest absolute Gasteiger partial charge is 0.383 e. The van der Waals surface area contributed by atoms with E-state index in [1.165, 1.54) is 10.6 Å². The fraction of sp³-hybridized carbons (Fsp3) is 0.286. The van der Waals surface area contributed by atoms with Crippen molar-refractivity contribution in [3.05, 3.63) is 47.4 Å². The van der Waals surface area contributed by atoms with Crippen LogP contribution in [0, 0.1) is 6.92 Å². The summed E-state index contributed by atoms with van der Waals surface area (Å²) in [7, 11) is -3.50. The third-order valence-corrected chi connectivity index (χ3v) is 5.52. The molecule has 0 spiro atoms.